The number of hydrogen-bond acceptors (Lipinski definition) is 17. The zero-order valence-corrected chi connectivity index (χ0v) is 88.7. The molecule has 6 aliphatic rings. The first-order chi connectivity index (χ1) is 69.7. The molecule has 0 saturated heterocycles. The Bertz CT molecular complexity index is 8740. The van der Waals surface area contributed by atoms with Crippen LogP contribution in [-0.4, -0.2) is 50.0 Å². The Hall–Kier alpha value is -14.7. The fourth-order valence-corrected chi connectivity index (χ4v) is 24.2. The van der Waals surface area contributed by atoms with Crippen molar-refractivity contribution in [2.45, 2.75) is 55.4 Å². The second-order valence-corrected chi connectivity index (χ2v) is 39.7. The van der Waals surface area contributed by atoms with Crippen molar-refractivity contribution >= 4 is 202 Å². The zero-order chi connectivity index (χ0) is 95.2. The van der Waals surface area contributed by atoms with Crippen molar-refractivity contribution < 1.29 is 82.1 Å². The van der Waals surface area contributed by atoms with Gasteiger partial charge in [0.25, 0.3) is 0 Å². The molecule has 23 heteroatoms. The van der Waals surface area contributed by atoms with Gasteiger partial charge in [0.15, 0.2) is 0 Å². The summed E-state index contributed by atoms with van der Waals surface area (Å²) in [4.78, 5) is 38.2. The van der Waals surface area contributed by atoms with E-state index in [1.807, 2.05) is 140 Å². The predicted molar refractivity (Wildman–Crippen MR) is 584 cm³/mol. The number of ether oxygens (including phenoxy) is 4. The van der Waals surface area contributed by atoms with Crippen LogP contribution in [0.1, 0.15) is 44.5 Å². The van der Waals surface area contributed by atoms with Crippen molar-refractivity contribution in [3.63, 3.8) is 0 Å². The van der Waals surface area contributed by atoms with Crippen molar-refractivity contribution in [3.05, 3.63) is 427 Å². The summed E-state index contributed by atoms with van der Waals surface area (Å²) in [6, 6.07) is 136. The summed E-state index contributed by atoms with van der Waals surface area (Å²) >= 11 is 5.08. The molecule has 22 aromatic rings. The first-order valence-corrected chi connectivity index (χ1v) is 49.9. The number of pyridine rings is 3. The van der Waals surface area contributed by atoms with Gasteiger partial charge in [-0.05, 0) is 220 Å². The van der Waals surface area contributed by atoms with Gasteiger partial charge in [0, 0.05) is 134 Å². The van der Waals surface area contributed by atoms with Crippen LogP contribution in [-0.2, 0) is 63.2 Å². The molecule has 0 bridgehead atoms. The summed E-state index contributed by atoms with van der Waals surface area (Å²) in [6.07, 6.45) is 5.29. The summed E-state index contributed by atoms with van der Waals surface area (Å²) < 4.78 is 28.9. The first-order valence-electron chi connectivity index (χ1n) is 47.4. The Morgan fingerprint density at radius 2 is 0.600 bits per heavy atom. The number of anilines is 12. The smallest absolute Gasteiger partial charge is 0.503 e. The minimum Gasteiger partial charge on any atom is -0.503 e. The molecule has 0 unspecified atom stereocenters. The van der Waals surface area contributed by atoms with Gasteiger partial charge in [-0.2, -0.15) is 44.9 Å². The third-order valence-corrected chi connectivity index (χ3v) is 30.7. The van der Waals surface area contributed by atoms with E-state index in [4.69, 9.17) is 33.9 Å². The van der Waals surface area contributed by atoms with Crippen LogP contribution in [0.3, 0.4) is 0 Å². The SMILES string of the molecule is Cc1ccc(N2c3ccc(Oc4ccccn4)[c-]c3B3c4[c-]c(-c5nc6ccccc6s5)ccc4N(c4ccc(C)cc4C)c4cccc2c43)c(C)c1.Cc1cccc(C)c1N1c2ccc(Oc3ccccn3)[c-]c2B2c3[c-]c(-c4nc5ccccc5s4)ccc3N(c3c(C)cccc3C)c3cccc1c32.[Pt+2].[Pt+2].[Pt+2].[c-]1c(-c2ccccn2)ccc2c1B1c3[c-]c(-c4nc5ccccc5s4)ccc3Oc3cccc(c31)O2. The average Bonchev–Trinajstić information content (AvgIpc) is 1.14. The fraction of sp³-hybridized carbons (Fsp3) is 0.0656. The number of rotatable bonds is 12. The van der Waals surface area contributed by atoms with Crippen molar-refractivity contribution in [3.8, 4) is 89.2 Å². The Morgan fingerprint density at radius 1 is 0.262 bits per heavy atom. The molecule has 6 aromatic heterocycles. The largest absolute Gasteiger partial charge is 2.00 e. The molecule has 0 amide bonds. The zero-order valence-electron chi connectivity index (χ0n) is 79.4. The maximum Gasteiger partial charge on any atom is 2.00 e. The minimum absolute atomic E-state index is 0. The van der Waals surface area contributed by atoms with Gasteiger partial charge in [-0.3, -0.25) is 15.0 Å². The van der Waals surface area contributed by atoms with E-state index < -0.39 is 0 Å². The maximum absolute atomic E-state index is 6.38. The van der Waals surface area contributed by atoms with Gasteiger partial charge in [0.05, 0.1) is 16.6 Å². The third kappa shape index (κ3) is 16.5. The molecule has 0 atom stereocenters. The fourth-order valence-electron chi connectivity index (χ4n) is 21.3. The molecular formula is C122H81B3N10O4Pt3S3. The maximum atomic E-state index is 6.38. The molecule has 0 fully saturated rings. The number of aryl methyl sites for hydroxylation is 8. The number of nitrogens with zero attached hydrogens (tertiary/aromatic N) is 10. The van der Waals surface area contributed by atoms with Gasteiger partial charge < -0.3 is 43.5 Å². The molecule has 6 aliphatic heterocycles. The quantitative estimate of drug-likeness (QED) is 0.0850. The van der Waals surface area contributed by atoms with Crippen LogP contribution in [0, 0.1) is 91.8 Å². The van der Waals surface area contributed by atoms with Crippen LogP contribution in [0.4, 0.5) is 68.2 Å². The van der Waals surface area contributed by atoms with E-state index in [2.05, 4.69) is 314 Å². The molecule has 0 spiro atoms. The predicted octanol–water partition coefficient (Wildman–Crippen LogP) is 25.5. The summed E-state index contributed by atoms with van der Waals surface area (Å²) in [6.45, 7) is 17.0. The summed E-state index contributed by atoms with van der Waals surface area (Å²) in [7, 11) is 0. The van der Waals surface area contributed by atoms with Crippen LogP contribution >= 0.6 is 34.0 Å². The minimum atomic E-state index is -0.186. The second kappa shape index (κ2) is 38.4. The molecule has 28 rings (SSSR count). The Kier molecular flexibility index (Phi) is 24.9. The number of hydrogen-bond donors (Lipinski definition) is 0. The topological polar surface area (TPSA) is 127 Å². The van der Waals surface area contributed by atoms with Crippen LogP contribution in [0.5, 0.6) is 46.3 Å². The summed E-state index contributed by atoms with van der Waals surface area (Å²) in [5.74, 6) is 5.47. The van der Waals surface area contributed by atoms with Gasteiger partial charge in [-0.15, -0.1) is 153 Å². The molecule has 0 aliphatic carbocycles. The number of benzene rings is 16. The molecular weight excluding hydrogens is 2380 g/mol. The second-order valence-electron chi connectivity index (χ2n) is 36.6. The van der Waals surface area contributed by atoms with Crippen LogP contribution in [0.2, 0.25) is 0 Å². The third-order valence-electron chi connectivity index (χ3n) is 27.5. The number of aromatic nitrogens is 6. The van der Waals surface area contributed by atoms with E-state index in [9.17, 15) is 0 Å². The van der Waals surface area contributed by atoms with Gasteiger partial charge >= 0.3 is 63.2 Å². The number of thiazole rings is 3. The molecule has 700 valence electrons. The van der Waals surface area contributed by atoms with E-state index in [0.717, 1.165) is 192 Å². The standard InChI is InChI=1S/2C46H33BN4OS.C30H15BN2O2S.3Pt/c1-28-12-9-13-29(2)44(28)50-37-23-21-32(46-49-36-16-5-6-19-41(36)53-46)26-34(37)47-35-27-33(52-42-20-7-8-25-48-42)22-24-38(35)51(40-18-11-17-39(50)43(40)47)45-30(3)14-10-15-31(45)4;1-28-15-19-37(30(3)24-28)50-39-21-17-32(46-49-36-10-5-6-13-43(36)53-46)26-34(39)47-35-27-33(52-44-14-7-8-23-48-44)18-22-40(35)51(38-20-16-29(2)25-31(38)4)42-12-9-11-41(50)45(42)47;1-2-10-28-23(7-1)33-30(36-28)19-12-14-25-21(17-19)31-20-16-18(22-6-3-4-15-32-22)11-13-24(20)34-26-8-5-9-27(35-25)29(26)31;;;/h2*5-25H,1-4H3;1-15H;;;/q3*-2;3*+2. The number of fused-ring (bicyclic) bond motifs is 15. The molecule has 0 N–H and O–H groups in total. The van der Waals surface area contributed by atoms with Crippen molar-refractivity contribution in [1.82, 2.24) is 29.9 Å². The van der Waals surface area contributed by atoms with Crippen LogP contribution in [0.15, 0.2) is 346 Å². The van der Waals surface area contributed by atoms with Gasteiger partial charge in [0.1, 0.15) is 11.5 Å². The molecule has 16 aromatic carbocycles. The van der Waals surface area contributed by atoms with E-state index in [-0.39, 0.29) is 83.3 Å². The molecule has 145 heavy (non-hydrogen) atoms. The first kappa shape index (κ1) is 93.9. The van der Waals surface area contributed by atoms with E-state index in [0.29, 0.717) is 23.3 Å². The van der Waals surface area contributed by atoms with E-state index >= 15 is 0 Å². The normalized spacial score (nSPS) is 12.5. The molecule has 0 radical (unpaired) electrons. The average molecular weight is 2460 g/mol. The molecule has 14 nitrogen and oxygen atoms in total. The van der Waals surface area contributed by atoms with Crippen LogP contribution in [0.25, 0.3) is 73.6 Å². The Labute approximate surface area is 897 Å². The molecule has 12 heterocycles. The van der Waals surface area contributed by atoms with Gasteiger partial charge in [0.2, 0.25) is 31.9 Å². The Morgan fingerprint density at radius 3 is 1.01 bits per heavy atom. The van der Waals surface area contributed by atoms with E-state index in [1.165, 1.54) is 66.8 Å². The summed E-state index contributed by atoms with van der Waals surface area (Å²) in [5, 5.41) is 2.85. The molecule has 0 saturated carbocycles. The van der Waals surface area contributed by atoms with Crippen LogP contribution < -0.4 is 87.7 Å². The monoisotopic (exact) mass is 2460 g/mol. The van der Waals surface area contributed by atoms with Crippen molar-refractivity contribution in [1.29, 1.82) is 0 Å². The number of para-hydroxylation sites is 5. The van der Waals surface area contributed by atoms with Gasteiger partial charge in [-0.25, -0.2) is 9.97 Å². The van der Waals surface area contributed by atoms with Crippen molar-refractivity contribution in [2.75, 3.05) is 19.6 Å². The van der Waals surface area contributed by atoms with Crippen molar-refractivity contribution in [2.24, 2.45) is 0 Å². The summed E-state index contributed by atoms with van der Waals surface area (Å²) in [5.41, 5.74) is 40.5. The Balaban J connectivity index is 0.000000121. The van der Waals surface area contributed by atoms with Gasteiger partial charge in [-0.1, -0.05) is 162 Å². The van der Waals surface area contributed by atoms with E-state index in [1.54, 1.807) is 52.6 Å².